The standard InChI is InChI=1S/C8H16N2O/c1-9-8(11)10-7-5-3-2-4-6-7/h7H,2-6H2,1H3,(H2,9,10,11). The first-order valence-electron chi connectivity index (χ1n) is 4.31. The zero-order valence-electron chi connectivity index (χ0n) is 7.02. The number of hydrogen-bond acceptors (Lipinski definition) is 1. The summed E-state index contributed by atoms with van der Waals surface area (Å²) in [6.07, 6.45) is 6.14. The zero-order valence-corrected chi connectivity index (χ0v) is 7.02. The average molecular weight is 156 g/mol. The molecule has 0 radical (unpaired) electrons. The summed E-state index contributed by atoms with van der Waals surface area (Å²) < 4.78 is 0. The summed E-state index contributed by atoms with van der Waals surface area (Å²) in [4.78, 5) is 10.9. The van der Waals surface area contributed by atoms with E-state index in [2.05, 4.69) is 10.6 Å². The maximum Gasteiger partial charge on any atom is 0.314 e. The predicted molar refractivity (Wildman–Crippen MR) is 44.5 cm³/mol. The molecule has 0 aromatic heterocycles. The van der Waals surface area contributed by atoms with E-state index < -0.39 is 0 Å². The van der Waals surface area contributed by atoms with E-state index in [4.69, 9.17) is 0 Å². The number of nitrogens with one attached hydrogen (secondary N) is 2. The van der Waals surface area contributed by atoms with Crippen LogP contribution in [0.3, 0.4) is 0 Å². The minimum Gasteiger partial charge on any atom is -0.341 e. The number of amides is 2. The first-order chi connectivity index (χ1) is 5.33. The Morgan fingerprint density at radius 1 is 1.27 bits per heavy atom. The summed E-state index contributed by atoms with van der Waals surface area (Å²) >= 11 is 0. The molecule has 1 rings (SSSR count). The maximum absolute atomic E-state index is 10.9. The number of hydrogen-bond donors (Lipinski definition) is 2. The van der Waals surface area contributed by atoms with Crippen LogP contribution in [0.15, 0.2) is 0 Å². The van der Waals surface area contributed by atoms with Gasteiger partial charge in [0, 0.05) is 13.1 Å². The van der Waals surface area contributed by atoms with E-state index in [0.717, 1.165) is 12.8 Å². The van der Waals surface area contributed by atoms with Gasteiger partial charge in [0.1, 0.15) is 0 Å². The fourth-order valence-electron chi connectivity index (χ4n) is 1.50. The Morgan fingerprint density at radius 2 is 1.91 bits per heavy atom. The van der Waals surface area contributed by atoms with Gasteiger partial charge in [-0.15, -0.1) is 0 Å². The lowest BCUT2D eigenvalue weighted by molar-refractivity contribution is 0.234. The molecular formula is C8H16N2O. The Labute approximate surface area is 67.5 Å². The van der Waals surface area contributed by atoms with E-state index >= 15 is 0 Å². The minimum absolute atomic E-state index is 0.0445. The third-order valence-electron chi connectivity index (χ3n) is 2.17. The molecule has 3 nitrogen and oxygen atoms in total. The molecule has 64 valence electrons. The Hall–Kier alpha value is -0.730. The smallest absolute Gasteiger partial charge is 0.314 e. The van der Waals surface area contributed by atoms with E-state index in [1.54, 1.807) is 7.05 Å². The highest BCUT2D eigenvalue weighted by molar-refractivity contribution is 5.73. The van der Waals surface area contributed by atoms with Crippen molar-refractivity contribution in [3.63, 3.8) is 0 Å². The molecule has 0 atom stereocenters. The van der Waals surface area contributed by atoms with Gasteiger partial charge >= 0.3 is 6.03 Å². The normalized spacial score (nSPS) is 19.4. The van der Waals surface area contributed by atoms with Crippen LogP contribution in [0, 0.1) is 0 Å². The van der Waals surface area contributed by atoms with Crippen LogP contribution in [0.25, 0.3) is 0 Å². The molecule has 1 fully saturated rings. The van der Waals surface area contributed by atoms with Crippen molar-refractivity contribution in [1.29, 1.82) is 0 Å². The van der Waals surface area contributed by atoms with Gasteiger partial charge in [0.25, 0.3) is 0 Å². The van der Waals surface area contributed by atoms with E-state index in [0.29, 0.717) is 6.04 Å². The Bertz CT molecular complexity index is 130. The van der Waals surface area contributed by atoms with Crippen LogP contribution in [0.5, 0.6) is 0 Å². The Morgan fingerprint density at radius 3 is 2.45 bits per heavy atom. The van der Waals surface area contributed by atoms with Gasteiger partial charge in [0.2, 0.25) is 0 Å². The fourth-order valence-corrected chi connectivity index (χ4v) is 1.50. The SMILES string of the molecule is CNC(=O)NC1CCCCC1. The highest BCUT2D eigenvalue weighted by Crippen LogP contribution is 2.16. The number of rotatable bonds is 1. The molecule has 0 bridgehead atoms. The topological polar surface area (TPSA) is 41.1 Å². The molecule has 1 aliphatic rings. The third kappa shape index (κ3) is 2.78. The van der Waals surface area contributed by atoms with Crippen molar-refractivity contribution in [2.75, 3.05) is 7.05 Å². The summed E-state index contributed by atoms with van der Waals surface area (Å²) in [6.45, 7) is 0. The molecule has 0 saturated heterocycles. The van der Waals surface area contributed by atoms with Crippen LogP contribution >= 0.6 is 0 Å². The van der Waals surface area contributed by atoms with Gasteiger partial charge in [0.15, 0.2) is 0 Å². The van der Waals surface area contributed by atoms with Gasteiger partial charge in [-0.1, -0.05) is 19.3 Å². The van der Waals surface area contributed by atoms with Crippen molar-refractivity contribution < 1.29 is 4.79 Å². The molecule has 0 unspecified atom stereocenters. The van der Waals surface area contributed by atoms with Gasteiger partial charge in [-0.3, -0.25) is 0 Å². The third-order valence-corrected chi connectivity index (χ3v) is 2.17. The maximum atomic E-state index is 10.9. The van der Waals surface area contributed by atoms with E-state index in [1.165, 1.54) is 19.3 Å². The molecule has 1 aliphatic carbocycles. The number of carbonyl (C=O) groups excluding carboxylic acids is 1. The van der Waals surface area contributed by atoms with Crippen molar-refractivity contribution in [2.45, 2.75) is 38.1 Å². The molecule has 2 N–H and O–H groups in total. The lowest BCUT2D eigenvalue weighted by Crippen LogP contribution is -2.41. The van der Waals surface area contributed by atoms with Crippen molar-refractivity contribution in [1.82, 2.24) is 10.6 Å². The first-order valence-corrected chi connectivity index (χ1v) is 4.31. The number of carbonyl (C=O) groups is 1. The Balaban J connectivity index is 2.19. The molecular weight excluding hydrogens is 140 g/mol. The van der Waals surface area contributed by atoms with E-state index in [-0.39, 0.29) is 6.03 Å². The van der Waals surface area contributed by atoms with Crippen LogP contribution in [-0.2, 0) is 0 Å². The minimum atomic E-state index is -0.0445. The van der Waals surface area contributed by atoms with Crippen LogP contribution in [0.4, 0.5) is 4.79 Å². The van der Waals surface area contributed by atoms with Crippen molar-refractivity contribution >= 4 is 6.03 Å². The summed E-state index contributed by atoms with van der Waals surface area (Å²) in [5, 5.41) is 5.48. The largest absolute Gasteiger partial charge is 0.341 e. The molecule has 3 heteroatoms. The second-order valence-corrected chi connectivity index (χ2v) is 3.06. The summed E-state index contributed by atoms with van der Waals surface area (Å²) in [7, 11) is 1.65. The zero-order chi connectivity index (χ0) is 8.10. The van der Waals surface area contributed by atoms with E-state index in [9.17, 15) is 4.79 Å². The van der Waals surface area contributed by atoms with E-state index in [1.807, 2.05) is 0 Å². The lowest BCUT2D eigenvalue weighted by atomic mass is 9.96. The fraction of sp³-hybridized carbons (Fsp3) is 0.875. The number of urea groups is 1. The van der Waals surface area contributed by atoms with Crippen LogP contribution in [-0.4, -0.2) is 19.1 Å². The molecule has 0 aromatic rings. The summed E-state index contributed by atoms with van der Waals surface area (Å²) in [5.74, 6) is 0. The van der Waals surface area contributed by atoms with Crippen molar-refractivity contribution in [3.8, 4) is 0 Å². The monoisotopic (exact) mass is 156 g/mol. The van der Waals surface area contributed by atoms with Gasteiger partial charge in [-0.2, -0.15) is 0 Å². The van der Waals surface area contributed by atoms with Crippen LogP contribution in [0.1, 0.15) is 32.1 Å². The average Bonchev–Trinajstić information content (AvgIpc) is 2.06. The van der Waals surface area contributed by atoms with Crippen LogP contribution in [0.2, 0.25) is 0 Å². The molecule has 0 aliphatic heterocycles. The van der Waals surface area contributed by atoms with Gasteiger partial charge in [-0.25, -0.2) is 4.79 Å². The molecule has 11 heavy (non-hydrogen) atoms. The summed E-state index contributed by atoms with van der Waals surface area (Å²) in [5.41, 5.74) is 0. The quantitative estimate of drug-likeness (QED) is 0.589. The Kier molecular flexibility index (Phi) is 3.20. The molecule has 0 spiro atoms. The molecule has 1 saturated carbocycles. The first kappa shape index (κ1) is 8.37. The highest BCUT2D eigenvalue weighted by Gasteiger charge is 2.14. The second kappa shape index (κ2) is 4.21. The lowest BCUT2D eigenvalue weighted by Gasteiger charge is -2.22. The van der Waals surface area contributed by atoms with Crippen LogP contribution < -0.4 is 10.6 Å². The van der Waals surface area contributed by atoms with Gasteiger partial charge in [-0.05, 0) is 12.8 Å². The van der Waals surface area contributed by atoms with Crippen molar-refractivity contribution in [2.24, 2.45) is 0 Å². The van der Waals surface area contributed by atoms with Crippen molar-refractivity contribution in [3.05, 3.63) is 0 Å². The predicted octanol–water partition coefficient (Wildman–Crippen LogP) is 1.25. The van der Waals surface area contributed by atoms with Gasteiger partial charge in [0.05, 0.1) is 0 Å². The second-order valence-electron chi connectivity index (χ2n) is 3.06. The molecule has 0 heterocycles. The highest BCUT2D eigenvalue weighted by atomic mass is 16.2. The molecule has 2 amide bonds. The van der Waals surface area contributed by atoms with Gasteiger partial charge < -0.3 is 10.6 Å². The summed E-state index contributed by atoms with van der Waals surface area (Å²) in [6, 6.07) is 0.376. The molecule has 0 aromatic carbocycles.